The highest BCUT2D eigenvalue weighted by Gasteiger charge is 2.31. The standard InChI is InChI=1S/C19H22N2O/c1-12-10-14(11-20-13(12)2)17-15-8-6-7-9-16(15)22-18(21-17)19(3,4)5/h6-11,18H,1-5H3. The van der Waals surface area contributed by atoms with E-state index in [1.807, 2.05) is 31.3 Å². The van der Waals surface area contributed by atoms with Crippen LogP contribution in [0.2, 0.25) is 0 Å². The molecule has 3 rings (SSSR count). The van der Waals surface area contributed by atoms with Crippen molar-refractivity contribution in [3.63, 3.8) is 0 Å². The van der Waals surface area contributed by atoms with Gasteiger partial charge < -0.3 is 4.74 Å². The Hall–Kier alpha value is -2.16. The summed E-state index contributed by atoms with van der Waals surface area (Å²) in [7, 11) is 0. The van der Waals surface area contributed by atoms with Crippen LogP contribution >= 0.6 is 0 Å². The molecule has 2 heterocycles. The molecule has 22 heavy (non-hydrogen) atoms. The predicted molar refractivity (Wildman–Crippen MR) is 89.7 cm³/mol. The first-order valence-corrected chi connectivity index (χ1v) is 7.64. The maximum absolute atomic E-state index is 6.09. The lowest BCUT2D eigenvalue weighted by Crippen LogP contribution is -2.34. The maximum atomic E-state index is 6.09. The molecule has 1 aliphatic rings. The van der Waals surface area contributed by atoms with Gasteiger partial charge in [-0.15, -0.1) is 0 Å². The molecule has 0 N–H and O–H groups in total. The molecule has 1 aliphatic heterocycles. The zero-order chi connectivity index (χ0) is 15.9. The summed E-state index contributed by atoms with van der Waals surface area (Å²) in [5, 5.41) is 0. The van der Waals surface area contributed by atoms with Crippen LogP contribution in [0, 0.1) is 19.3 Å². The van der Waals surface area contributed by atoms with Gasteiger partial charge in [0.2, 0.25) is 0 Å². The highest BCUT2D eigenvalue weighted by Crippen LogP contribution is 2.34. The Labute approximate surface area is 132 Å². The van der Waals surface area contributed by atoms with E-state index in [1.54, 1.807) is 0 Å². The fraction of sp³-hybridized carbons (Fsp3) is 0.368. The van der Waals surface area contributed by atoms with E-state index in [4.69, 9.17) is 9.73 Å². The average Bonchev–Trinajstić information content (AvgIpc) is 2.48. The molecular formula is C19H22N2O. The van der Waals surface area contributed by atoms with Gasteiger partial charge in [-0.05, 0) is 37.6 Å². The van der Waals surface area contributed by atoms with Gasteiger partial charge in [0.25, 0.3) is 0 Å². The van der Waals surface area contributed by atoms with Crippen molar-refractivity contribution in [3.05, 3.63) is 58.9 Å². The number of nitrogens with zero attached hydrogens (tertiary/aromatic N) is 2. The van der Waals surface area contributed by atoms with Crippen LogP contribution < -0.4 is 4.74 Å². The van der Waals surface area contributed by atoms with Crippen molar-refractivity contribution in [2.45, 2.75) is 40.8 Å². The summed E-state index contributed by atoms with van der Waals surface area (Å²) in [6, 6.07) is 10.2. The molecule has 0 radical (unpaired) electrons. The zero-order valence-electron chi connectivity index (χ0n) is 13.8. The topological polar surface area (TPSA) is 34.5 Å². The zero-order valence-corrected chi connectivity index (χ0v) is 13.8. The fourth-order valence-corrected chi connectivity index (χ4v) is 2.47. The van der Waals surface area contributed by atoms with Crippen molar-refractivity contribution >= 4 is 5.71 Å². The van der Waals surface area contributed by atoms with E-state index >= 15 is 0 Å². The van der Waals surface area contributed by atoms with Crippen molar-refractivity contribution < 1.29 is 4.74 Å². The molecule has 0 bridgehead atoms. The van der Waals surface area contributed by atoms with Gasteiger partial charge in [0.05, 0.1) is 5.71 Å². The first kappa shape index (κ1) is 14.8. The largest absolute Gasteiger partial charge is 0.467 e. The molecule has 0 fully saturated rings. The third-order valence-corrected chi connectivity index (χ3v) is 3.98. The number of ether oxygens (including phenoxy) is 1. The second-order valence-corrected chi connectivity index (χ2v) is 6.94. The summed E-state index contributed by atoms with van der Waals surface area (Å²) < 4.78 is 6.09. The summed E-state index contributed by atoms with van der Waals surface area (Å²) >= 11 is 0. The number of rotatable bonds is 1. The first-order chi connectivity index (χ1) is 10.4. The number of aromatic nitrogens is 1. The van der Waals surface area contributed by atoms with Gasteiger partial charge in [0, 0.05) is 28.4 Å². The number of aliphatic imine (C=N–C) groups is 1. The Morgan fingerprint density at radius 1 is 1.09 bits per heavy atom. The highest BCUT2D eigenvalue weighted by atomic mass is 16.5. The summed E-state index contributed by atoms with van der Waals surface area (Å²) in [4.78, 5) is 9.38. The van der Waals surface area contributed by atoms with Crippen LogP contribution in [-0.2, 0) is 0 Å². The maximum Gasteiger partial charge on any atom is 0.195 e. The van der Waals surface area contributed by atoms with Crippen molar-refractivity contribution in [1.29, 1.82) is 0 Å². The van der Waals surface area contributed by atoms with Crippen molar-refractivity contribution in [3.8, 4) is 5.75 Å². The smallest absolute Gasteiger partial charge is 0.195 e. The molecule has 0 amide bonds. The Bertz CT molecular complexity index is 741. The van der Waals surface area contributed by atoms with E-state index < -0.39 is 0 Å². The normalized spacial score (nSPS) is 17.5. The summed E-state index contributed by atoms with van der Waals surface area (Å²) in [5.74, 6) is 0.894. The van der Waals surface area contributed by atoms with E-state index in [9.17, 15) is 0 Å². The lowest BCUT2D eigenvalue weighted by atomic mass is 9.92. The molecule has 1 atom stereocenters. The molecule has 114 valence electrons. The number of para-hydroxylation sites is 1. The minimum Gasteiger partial charge on any atom is -0.467 e. The van der Waals surface area contributed by atoms with Crippen LogP contribution in [0.1, 0.15) is 43.2 Å². The van der Waals surface area contributed by atoms with E-state index in [2.05, 4.69) is 44.8 Å². The molecule has 0 spiro atoms. The number of hydrogen-bond acceptors (Lipinski definition) is 3. The second kappa shape index (κ2) is 5.24. The van der Waals surface area contributed by atoms with E-state index in [0.29, 0.717) is 0 Å². The number of fused-ring (bicyclic) bond motifs is 1. The van der Waals surface area contributed by atoms with Crippen LogP contribution in [0.5, 0.6) is 5.75 Å². The lowest BCUT2D eigenvalue weighted by molar-refractivity contribution is 0.0914. The number of pyridine rings is 1. The van der Waals surface area contributed by atoms with Crippen LogP contribution in [0.4, 0.5) is 0 Å². The van der Waals surface area contributed by atoms with Gasteiger partial charge in [-0.2, -0.15) is 0 Å². The quantitative estimate of drug-likeness (QED) is 0.786. The molecule has 1 unspecified atom stereocenters. The monoisotopic (exact) mass is 294 g/mol. The Morgan fingerprint density at radius 3 is 2.50 bits per heavy atom. The summed E-state index contributed by atoms with van der Waals surface area (Å²) in [5.41, 5.74) is 5.22. The Kier molecular flexibility index (Phi) is 3.51. The molecule has 0 saturated heterocycles. The molecular weight excluding hydrogens is 272 g/mol. The molecule has 2 aromatic rings. The fourth-order valence-electron chi connectivity index (χ4n) is 2.47. The average molecular weight is 294 g/mol. The third-order valence-electron chi connectivity index (χ3n) is 3.98. The molecule has 3 nitrogen and oxygen atoms in total. The van der Waals surface area contributed by atoms with Crippen LogP contribution in [-0.4, -0.2) is 16.9 Å². The van der Waals surface area contributed by atoms with Gasteiger partial charge in [-0.1, -0.05) is 32.9 Å². The molecule has 0 saturated carbocycles. The summed E-state index contributed by atoms with van der Waals surface area (Å²) in [6.45, 7) is 10.5. The van der Waals surface area contributed by atoms with Gasteiger partial charge in [0.1, 0.15) is 5.75 Å². The van der Waals surface area contributed by atoms with Crippen LogP contribution in [0.25, 0.3) is 0 Å². The van der Waals surface area contributed by atoms with Crippen LogP contribution in [0.3, 0.4) is 0 Å². The minimum atomic E-state index is -0.195. The van der Waals surface area contributed by atoms with Gasteiger partial charge in [-0.3, -0.25) is 4.98 Å². The van der Waals surface area contributed by atoms with E-state index in [0.717, 1.165) is 28.3 Å². The molecule has 1 aromatic heterocycles. The van der Waals surface area contributed by atoms with E-state index in [1.165, 1.54) is 5.56 Å². The number of aryl methyl sites for hydroxylation is 2. The highest BCUT2D eigenvalue weighted by molar-refractivity contribution is 6.15. The third kappa shape index (κ3) is 2.63. The van der Waals surface area contributed by atoms with Crippen LogP contribution in [0.15, 0.2) is 41.5 Å². The molecule has 3 heteroatoms. The van der Waals surface area contributed by atoms with Crippen molar-refractivity contribution in [2.24, 2.45) is 10.4 Å². The van der Waals surface area contributed by atoms with Crippen molar-refractivity contribution in [2.75, 3.05) is 0 Å². The predicted octanol–water partition coefficient (Wildman–Crippen LogP) is 4.30. The molecule has 1 aromatic carbocycles. The summed E-state index contributed by atoms with van der Waals surface area (Å²) in [6.07, 6.45) is 1.71. The van der Waals surface area contributed by atoms with Gasteiger partial charge in [-0.25, -0.2) is 4.99 Å². The minimum absolute atomic E-state index is 0.0635. The van der Waals surface area contributed by atoms with Crippen molar-refractivity contribution in [1.82, 2.24) is 4.98 Å². The van der Waals surface area contributed by atoms with E-state index in [-0.39, 0.29) is 11.6 Å². The number of benzene rings is 1. The SMILES string of the molecule is Cc1cc(C2=NC(C(C)(C)C)Oc3ccccc32)cnc1C. The number of hydrogen-bond donors (Lipinski definition) is 0. The second-order valence-electron chi connectivity index (χ2n) is 6.94. The Balaban J connectivity index is 2.16. The lowest BCUT2D eigenvalue weighted by Gasteiger charge is -2.33. The first-order valence-electron chi connectivity index (χ1n) is 7.64. The van der Waals surface area contributed by atoms with Gasteiger partial charge in [0.15, 0.2) is 6.23 Å². The molecule has 0 aliphatic carbocycles. The Morgan fingerprint density at radius 2 is 1.82 bits per heavy atom. The van der Waals surface area contributed by atoms with Gasteiger partial charge >= 0.3 is 0 Å².